The van der Waals surface area contributed by atoms with Crippen molar-refractivity contribution in [1.29, 1.82) is 0 Å². The maximum Gasteiger partial charge on any atom is 0.248 e. The number of sulfonamides is 1. The number of hydrogen-bond acceptors (Lipinski definition) is 5. The second kappa shape index (κ2) is 6.04. The van der Waals surface area contributed by atoms with E-state index in [-0.39, 0.29) is 25.4 Å². The van der Waals surface area contributed by atoms with Crippen LogP contribution in [0.3, 0.4) is 0 Å². The zero-order valence-corrected chi connectivity index (χ0v) is 11.8. The Hall–Kier alpha value is -1.22. The van der Waals surface area contributed by atoms with E-state index in [2.05, 4.69) is 0 Å². The lowest BCUT2D eigenvalue weighted by atomic mass is 10.3. The van der Waals surface area contributed by atoms with Gasteiger partial charge in [0.25, 0.3) is 0 Å². The van der Waals surface area contributed by atoms with E-state index < -0.39 is 20.7 Å². The van der Waals surface area contributed by atoms with Crippen LogP contribution in [0.1, 0.15) is 0 Å². The Balaban J connectivity index is 2.20. The minimum atomic E-state index is -3.92. The summed E-state index contributed by atoms with van der Waals surface area (Å²) in [6, 6.07) is 3.84. The van der Waals surface area contributed by atoms with Crippen molar-refractivity contribution in [2.24, 2.45) is 0 Å². The number of nitrogens with zero attached hydrogens (tertiary/aromatic N) is 2. The molecule has 8 heteroatoms. The molecule has 1 aliphatic heterocycles. The number of halogens is 1. The summed E-state index contributed by atoms with van der Waals surface area (Å²) in [6.07, 6.45) is 0. The van der Waals surface area contributed by atoms with Gasteiger partial charge in [0.1, 0.15) is 10.7 Å². The van der Waals surface area contributed by atoms with Gasteiger partial charge in [-0.2, -0.15) is 4.31 Å². The molecule has 0 aromatic heterocycles. The molecule has 0 unspecified atom stereocenters. The van der Waals surface area contributed by atoms with Crippen molar-refractivity contribution in [3.63, 3.8) is 0 Å². The Labute approximate surface area is 117 Å². The summed E-state index contributed by atoms with van der Waals surface area (Å²) in [6.45, 7) is 2.08. The van der Waals surface area contributed by atoms with E-state index in [4.69, 9.17) is 10.8 Å². The van der Waals surface area contributed by atoms with Gasteiger partial charge >= 0.3 is 0 Å². The molecule has 3 N–H and O–H groups in total. The first-order chi connectivity index (χ1) is 9.46. The highest BCUT2D eigenvalue weighted by Crippen LogP contribution is 2.25. The predicted octanol–water partition coefficient (Wildman–Crippen LogP) is -0.294. The van der Waals surface area contributed by atoms with E-state index in [0.717, 1.165) is 6.07 Å². The van der Waals surface area contributed by atoms with E-state index in [0.29, 0.717) is 19.6 Å². The molecule has 1 aromatic rings. The first-order valence-electron chi connectivity index (χ1n) is 6.34. The SMILES string of the molecule is Nc1cccc(F)c1S(=O)(=O)N1CCN(CCO)CC1. The first kappa shape index (κ1) is 15.2. The van der Waals surface area contributed by atoms with Crippen molar-refractivity contribution < 1.29 is 17.9 Å². The van der Waals surface area contributed by atoms with E-state index in [1.807, 2.05) is 4.90 Å². The van der Waals surface area contributed by atoms with Crippen molar-refractivity contribution in [3.05, 3.63) is 24.0 Å². The molecule has 0 aliphatic carbocycles. The third-order valence-corrected chi connectivity index (χ3v) is 5.33. The minimum absolute atomic E-state index is 0.0347. The van der Waals surface area contributed by atoms with Gasteiger partial charge in [-0.1, -0.05) is 6.07 Å². The quantitative estimate of drug-likeness (QED) is 0.746. The number of rotatable bonds is 4. The molecule has 1 heterocycles. The van der Waals surface area contributed by atoms with Gasteiger partial charge in [0.2, 0.25) is 10.0 Å². The Morgan fingerprint density at radius 2 is 1.90 bits per heavy atom. The summed E-state index contributed by atoms with van der Waals surface area (Å²) in [5.41, 5.74) is 5.52. The molecule has 20 heavy (non-hydrogen) atoms. The predicted molar refractivity (Wildman–Crippen MR) is 73.1 cm³/mol. The lowest BCUT2D eigenvalue weighted by molar-refractivity contribution is 0.151. The van der Waals surface area contributed by atoms with Crippen molar-refractivity contribution in [2.75, 3.05) is 45.1 Å². The summed E-state index contributed by atoms with van der Waals surface area (Å²) in [5, 5.41) is 8.86. The largest absolute Gasteiger partial charge is 0.398 e. The van der Waals surface area contributed by atoms with Gasteiger partial charge in [-0.15, -0.1) is 0 Å². The molecule has 0 radical (unpaired) electrons. The van der Waals surface area contributed by atoms with Crippen molar-refractivity contribution >= 4 is 15.7 Å². The second-order valence-electron chi connectivity index (χ2n) is 4.63. The number of aliphatic hydroxyl groups excluding tert-OH is 1. The highest BCUT2D eigenvalue weighted by molar-refractivity contribution is 7.89. The van der Waals surface area contributed by atoms with Crippen LogP contribution < -0.4 is 5.73 Å². The molecule has 0 saturated carbocycles. The van der Waals surface area contributed by atoms with Crippen molar-refractivity contribution in [1.82, 2.24) is 9.21 Å². The molecule has 112 valence electrons. The molecule has 1 aromatic carbocycles. The van der Waals surface area contributed by atoms with Crippen LogP contribution in [0.15, 0.2) is 23.1 Å². The van der Waals surface area contributed by atoms with Crippen LogP contribution in [0.25, 0.3) is 0 Å². The van der Waals surface area contributed by atoms with Crippen LogP contribution in [0.5, 0.6) is 0 Å². The normalized spacial score (nSPS) is 18.3. The van der Waals surface area contributed by atoms with Crippen LogP contribution >= 0.6 is 0 Å². The number of piperazine rings is 1. The number of nitrogen functional groups attached to an aromatic ring is 1. The average molecular weight is 303 g/mol. The molecule has 1 aliphatic rings. The van der Waals surface area contributed by atoms with Gasteiger partial charge < -0.3 is 10.8 Å². The van der Waals surface area contributed by atoms with Crippen LogP contribution in [0.4, 0.5) is 10.1 Å². The lowest BCUT2D eigenvalue weighted by Gasteiger charge is -2.33. The zero-order valence-electron chi connectivity index (χ0n) is 11.0. The van der Waals surface area contributed by atoms with Gasteiger partial charge in [0.15, 0.2) is 0 Å². The van der Waals surface area contributed by atoms with Crippen LogP contribution in [-0.4, -0.2) is 62.1 Å². The van der Waals surface area contributed by atoms with Gasteiger partial charge in [-0.25, -0.2) is 12.8 Å². The second-order valence-corrected chi connectivity index (χ2v) is 6.50. The molecule has 0 bridgehead atoms. The van der Waals surface area contributed by atoms with Gasteiger partial charge in [0.05, 0.1) is 12.3 Å². The summed E-state index contributed by atoms with van der Waals surface area (Å²) in [4.78, 5) is 1.51. The van der Waals surface area contributed by atoms with Crippen LogP contribution in [0, 0.1) is 5.82 Å². The third-order valence-electron chi connectivity index (χ3n) is 3.34. The maximum absolute atomic E-state index is 13.8. The molecule has 0 atom stereocenters. The van der Waals surface area contributed by atoms with Gasteiger partial charge in [0, 0.05) is 32.7 Å². The van der Waals surface area contributed by atoms with E-state index in [9.17, 15) is 12.8 Å². The fourth-order valence-corrected chi connectivity index (χ4v) is 3.84. The first-order valence-corrected chi connectivity index (χ1v) is 7.78. The smallest absolute Gasteiger partial charge is 0.248 e. The molecule has 6 nitrogen and oxygen atoms in total. The number of anilines is 1. The number of β-amino-alcohol motifs (C(OH)–C–C–N with tert-alkyl or cyclic N) is 1. The zero-order chi connectivity index (χ0) is 14.8. The average Bonchev–Trinajstić information content (AvgIpc) is 2.39. The monoisotopic (exact) mass is 303 g/mol. The Morgan fingerprint density at radius 3 is 2.45 bits per heavy atom. The van der Waals surface area contributed by atoms with Crippen molar-refractivity contribution in [2.45, 2.75) is 4.90 Å². The highest BCUT2D eigenvalue weighted by atomic mass is 32.2. The maximum atomic E-state index is 13.8. The summed E-state index contributed by atoms with van der Waals surface area (Å²) < 4.78 is 39.9. The van der Waals surface area contributed by atoms with E-state index in [1.165, 1.54) is 16.4 Å². The van der Waals surface area contributed by atoms with Crippen LogP contribution in [-0.2, 0) is 10.0 Å². The minimum Gasteiger partial charge on any atom is -0.398 e. The van der Waals surface area contributed by atoms with Crippen molar-refractivity contribution in [3.8, 4) is 0 Å². The Morgan fingerprint density at radius 1 is 1.25 bits per heavy atom. The van der Waals surface area contributed by atoms with Gasteiger partial charge in [-0.3, -0.25) is 4.90 Å². The number of hydrogen-bond donors (Lipinski definition) is 2. The Bertz CT molecular complexity index is 551. The standard InChI is InChI=1S/C12H18FN3O3S/c13-10-2-1-3-11(14)12(10)20(18,19)16-6-4-15(5-7-16)8-9-17/h1-3,17H,4-9,14H2. The molecule has 0 spiro atoms. The van der Waals surface area contributed by atoms with Crippen LogP contribution in [0.2, 0.25) is 0 Å². The topological polar surface area (TPSA) is 86.9 Å². The van der Waals surface area contributed by atoms with Gasteiger partial charge in [-0.05, 0) is 12.1 Å². The Kier molecular flexibility index (Phi) is 4.59. The third kappa shape index (κ3) is 2.93. The molecule has 2 rings (SSSR count). The highest BCUT2D eigenvalue weighted by Gasteiger charge is 2.31. The summed E-state index contributed by atoms with van der Waals surface area (Å²) in [7, 11) is -3.92. The molecule has 1 fully saturated rings. The molecule has 1 saturated heterocycles. The molecule has 0 amide bonds. The molecular weight excluding hydrogens is 285 g/mol. The number of aliphatic hydroxyl groups is 1. The fraction of sp³-hybridized carbons (Fsp3) is 0.500. The summed E-state index contributed by atoms with van der Waals surface area (Å²) >= 11 is 0. The van der Waals surface area contributed by atoms with E-state index >= 15 is 0 Å². The van der Waals surface area contributed by atoms with E-state index in [1.54, 1.807) is 0 Å². The lowest BCUT2D eigenvalue weighted by Crippen LogP contribution is -2.49. The number of benzene rings is 1. The fourth-order valence-electron chi connectivity index (χ4n) is 2.26. The summed E-state index contributed by atoms with van der Waals surface area (Å²) in [5.74, 6) is -0.831. The molecular formula is C12H18FN3O3S. The number of nitrogens with two attached hydrogens (primary N) is 1.